The highest BCUT2D eigenvalue weighted by Crippen LogP contribution is 2.20. The Morgan fingerprint density at radius 2 is 2.05 bits per heavy atom. The Hall–Kier alpha value is -2.44. The Morgan fingerprint density at radius 1 is 1.42 bits per heavy atom. The van der Waals surface area contributed by atoms with Gasteiger partial charge in [-0.3, -0.25) is 10.1 Å². The molecule has 1 aliphatic heterocycles. The minimum atomic E-state index is -0.699. The van der Waals surface area contributed by atoms with Gasteiger partial charge in [0.2, 0.25) is 5.90 Å². The molecule has 0 saturated carbocycles. The van der Waals surface area contributed by atoms with Gasteiger partial charge in [-0.15, -0.1) is 0 Å². The van der Waals surface area contributed by atoms with E-state index < -0.39 is 23.0 Å². The highest BCUT2D eigenvalue weighted by Gasteiger charge is 2.34. The van der Waals surface area contributed by atoms with E-state index in [9.17, 15) is 14.9 Å². The van der Waals surface area contributed by atoms with Gasteiger partial charge in [-0.2, -0.15) is 0 Å². The summed E-state index contributed by atoms with van der Waals surface area (Å²) in [6, 6.07) is 5.08. The summed E-state index contributed by atoms with van der Waals surface area (Å²) >= 11 is 0. The largest absolute Gasteiger partial charge is 0.472 e. The first-order valence-electron chi connectivity index (χ1n) is 5.60. The number of hydrogen-bond donors (Lipinski definition) is 0. The third-order valence-corrected chi connectivity index (χ3v) is 2.77. The maximum absolute atomic E-state index is 11.4. The highest BCUT2D eigenvalue weighted by molar-refractivity contribution is 5.98. The predicted molar refractivity (Wildman–Crippen MR) is 66.0 cm³/mol. The lowest BCUT2D eigenvalue weighted by atomic mass is 10.2. The summed E-state index contributed by atoms with van der Waals surface area (Å²) in [5, 5.41) is 10.5. The summed E-state index contributed by atoms with van der Waals surface area (Å²) in [4.78, 5) is 25.6. The topological polar surface area (TPSA) is 91.0 Å². The van der Waals surface area contributed by atoms with Crippen molar-refractivity contribution in [2.75, 3.05) is 7.11 Å². The van der Waals surface area contributed by atoms with Crippen molar-refractivity contribution in [3.63, 3.8) is 0 Å². The zero-order valence-electron chi connectivity index (χ0n) is 10.4. The van der Waals surface area contributed by atoms with E-state index in [1.807, 2.05) is 0 Å². The van der Waals surface area contributed by atoms with Crippen LogP contribution in [0.2, 0.25) is 0 Å². The average molecular weight is 264 g/mol. The molecule has 1 aromatic carbocycles. The fourth-order valence-corrected chi connectivity index (χ4v) is 1.74. The second-order valence-electron chi connectivity index (χ2n) is 4.03. The lowest BCUT2D eigenvalue weighted by Gasteiger charge is -2.09. The van der Waals surface area contributed by atoms with Gasteiger partial charge in [-0.05, 0) is 19.1 Å². The molecule has 2 atom stereocenters. The Bertz CT molecular complexity index is 538. The van der Waals surface area contributed by atoms with Gasteiger partial charge in [0.25, 0.3) is 5.69 Å². The molecule has 7 heteroatoms. The molecule has 0 N–H and O–H groups in total. The van der Waals surface area contributed by atoms with Gasteiger partial charge in [0, 0.05) is 17.7 Å². The lowest BCUT2D eigenvalue weighted by Crippen LogP contribution is -2.28. The number of non-ortho nitro benzene ring substituents is 1. The summed E-state index contributed by atoms with van der Waals surface area (Å²) in [5.74, 6) is -0.179. The number of benzene rings is 1. The number of carbonyl (C=O) groups is 1. The molecule has 1 heterocycles. The Labute approximate surface area is 109 Å². The molecular formula is C12H12N2O5. The summed E-state index contributed by atoms with van der Waals surface area (Å²) < 4.78 is 10.1. The third-order valence-electron chi connectivity index (χ3n) is 2.77. The van der Waals surface area contributed by atoms with Crippen LogP contribution < -0.4 is 0 Å². The molecule has 1 aromatic rings. The van der Waals surface area contributed by atoms with E-state index in [0.717, 1.165) is 0 Å². The smallest absolute Gasteiger partial charge is 0.334 e. The van der Waals surface area contributed by atoms with Gasteiger partial charge in [-0.25, -0.2) is 9.79 Å². The van der Waals surface area contributed by atoms with E-state index >= 15 is 0 Å². The molecule has 0 bridgehead atoms. The maximum Gasteiger partial charge on any atom is 0.334 e. The van der Waals surface area contributed by atoms with E-state index in [-0.39, 0.29) is 11.6 Å². The van der Waals surface area contributed by atoms with E-state index in [2.05, 4.69) is 9.73 Å². The standard InChI is InChI=1S/C12H12N2O5/c1-7-10(12(15)18-2)13-11(19-7)8-3-5-9(6-4-8)14(16)17/h3-7,10H,1-2H3. The van der Waals surface area contributed by atoms with E-state index in [1.165, 1.54) is 31.4 Å². The zero-order chi connectivity index (χ0) is 14.0. The monoisotopic (exact) mass is 264 g/mol. The Morgan fingerprint density at radius 3 is 2.58 bits per heavy atom. The van der Waals surface area contributed by atoms with Gasteiger partial charge in [0.05, 0.1) is 12.0 Å². The number of rotatable bonds is 3. The molecule has 19 heavy (non-hydrogen) atoms. The molecule has 0 aromatic heterocycles. The third kappa shape index (κ3) is 2.54. The maximum atomic E-state index is 11.4. The fourth-order valence-electron chi connectivity index (χ4n) is 1.74. The molecule has 100 valence electrons. The van der Waals surface area contributed by atoms with Crippen LogP contribution in [0.5, 0.6) is 0 Å². The second-order valence-corrected chi connectivity index (χ2v) is 4.03. The summed E-state index contributed by atoms with van der Waals surface area (Å²) in [7, 11) is 1.29. The molecule has 0 radical (unpaired) electrons. The quantitative estimate of drug-likeness (QED) is 0.466. The van der Waals surface area contributed by atoms with Crippen LogP contribution >= 0.6 is 0 Å². The molecule has 1 aliphatic rings. The zero-order valence-corrected chi connectivity index (χ0v) is 10.4. The Balaban J connectivity index is 2.23. The minimum absolute atomic E-state index is 0.0140. The van der Waals surface area contributed by atoms with Crippen LogP contribution in [-0.4, -0.2) is 36.0 Å². The van der Waals surface area contributed by atoms with Crippen LogP contribution in [0, 0.1) is 10.1 Å². The number of ether oxygens (including phenoxy) is 2. The number of hydrogen-bond acceptors (Lipinski definition) is 6. The number of aliphatic imine (C=N–C) groups is 1. The molecule has 0 aliphatic carbocycles. The van der Waals surface area contributed by atoms with Crippen molar-refractivity contribution in [1.29, 1.82) is 0 Å². The number of methoxy groups -OCH3 is 1. The minimum Gasteiger partial charge on any atom is -0.472 e. The molecule has 0 amide bonds. The molecule has 7 nitrogen and oxygen atoms in total. The van der Waals surface area contributed by atoms with Crippen molar-refractivity contribution >= 4 is 17.6 Å². The summed E-state index contributed by atoms with van der Waals surface area (Å²) in [6.45, 7) is 1.71. The number of carbonyl (C=O) groups excluding carboxylic acids is 1. The summed E-state index contributed by atoms with van der Waals surface area (Å²) in [5.41, 5.74) is 0.573. The van der Waals surface area contributed by atoms with Gasteiger partial charge in [0.15, 0.2) is 6.04 Å². The van der Waals surface area contributed by atoms with Crippen LogP contribution in [0.1, 0.15) is 12.5 Å². The number of nitro benzene ring substituents is 1. The normalized spacial score (nSPS) is 21.5. The van der Waals surface area contributed by atoms with Crippen LogP contribution in [0.15, 0.2) is 29.3 Å². The molecule has 2 rings (SSSR count). The van der Waals surface area contributed by atoms with E-state index in [0.29, 0.717) is 5.56 Å². The number of esters is 1. The van der Waals surface area contributed by atoms with Crippen molar-refractivity contribution in [2.45, 2.75) is 19.1 Å². The van der Waals surface area contributed by atoms with Crippen molar-refractivity contribution < 1.29 is 19.2 Å². The SMILES string of the molecule is COC(=O)C1N=C(c2ccc([N+](=O)[O-])cc2)OC1C. The molecule has 0 spiro atoms. The van der Waals surface area contributed by atoms with Gasteiger partial charge in [-0.1, -0.05) is 0 Å². The van der Waals surface area contributed by atoms with Crippen molar-refractivity contribution in [3.05, 3.63) is 39.9 Å². The second kappa shape index (κ2) is 5.05. The summed E-state index contributed by atoms with van der Waals surface area (Å²) in [6.07, 6.45) is -0.419. The molecule has 0 fully saturated rings. The first kappa shape index (κ1) is 13.0. The van der Waals surface area contributed by atoms with Crippen LogP contribution in [0.4, 0.5) is 5.69 Å². The van der Waals surface area contributed by atoms with Crippen molar-refractivity contribution in [2.24, 2.45) is 4.99 Å². The van der Waals surface area contributed by atoms with E-state index in [4.69, 9.17) is 4.74 Å². The molecular weight excluding hydrogens is 252 g/mol. The number of nitro groups is 1. The highest BCUT2D eigenvalue weighted by atomic mass is 16.6. The van der Waals surface area contributed by atoms with Gasteiger partial charge >= 0.3 is 5.97 Å². The average Bonchev–Trinajstić information content (AvgIpc) is 2.80. The fraction of sp³-hybridized carbons (Fsp3) is 0.333. The van der Waals surface area contributed by atoms with Crippen molar-refractivity contribution in [1.82, 2.24) is 0 Å². The lowest BCUT2D eigenvalue weighted by molar-refractivity contribution is -0.384. The Kier molecular flexibility index (Phi) is 3.46. The van der Waals surface area contributed by atoms with Crippen LogP contribution in [0.3, 0.4) is 0 Å². The van der Waals surface area contributed by atoms with Gasteiger partial charge in [0.1, 0.15) is 6.10 Å². The molecule has 0 saturated heterocycles. The van der Waals surface area contributed by atoms with Gasteiger partial charge < -0.3 is 9.47 Å². The molecule has 2 unspecified atom stereocenters. The van der Waals surface area contributed by atoms with Crippen LogP contribution in [-0.2, 0) is 14.3 Å². The number of nitrogens with zero attached hydrogens (tertiary/aromatic N) is 2. The van der Waals surface area contributed by atoms with Crippen molar-refractivity contribution in [3.8, 4) is 0 Å². The van der Waals surface area contributed by atoms with E-state index in [1.54, 1.807) is 6.92 Å². The predicted octanol–water partition coefficient (Wildman–Crippen LogP) is 1.30. The first-order chi connectivity index (χ1) is 9.02. The van der Waals surface area contributed by atoms with Crippen LogP contribution in [0.25, 0.3) is 0 Å². The first-order valence-corrected chi connectivity index (χ1v) is 5.60.